The molecule has 0 unspecified atom stereocenters. The van der Waals surface area contributed by atoms with Gasteiger partial charge in [-0.3, -0.25) is 4.99 Å². The van der Waals surface area contributed by atoms with Gasteiger partial charge in [0.15, 0.2) is 5.17 Å². The summed E-state index contributed by atoms with van der Waals surface area (Å²) in [5, 5.41) is -0.169. The van der Waals surface area contributed by atoms with Crippen molar-refractivity contribution < 1.29 is 22.7 Å². The second-order valence-electron chi connectivity index (χ2n) is 6.35. The summed E-state index contributed by atoms with van der Waals surface area (Å²) in [6.45, 7) is 6.33. The summed E-state index contributed by atoms with van der Waals surface area (Å²) in [6.07, 6.45) is -4.87. The molecule has 0 radical (unpaired) electrons. The van der Waals surface area contributed by atoms with Crippen molar-refractivity contribution in [2.75, 3.05) is 13.1 Å². The predicted octanol–water partition coefficient (Wildman–Crippen LogP) is 4.39. The van der Waals surface area contributed by atoms with E-state index >= 15 is 0 Å². The van der Waals surface area contributed by atoms with Crippen LogP contribution in [-0.2, 0) is 15.7 Å². The van der Waals surface area contributed by atoms with Gasteiger partial charge >= 0.3 is 12.1 Å². The van der Waals surface area contributed by atoms with Crippen LogP contribution in [0.15, 0.2) is 40.5 Å². The number of halogens is 3. The van der Waals surface area contributed by atoms with Crippen LogP contribution >= 0.6 is 11.8 Å². The number of carbonyl (C=O) groups excluding carboxylic acids is 1. The SMILES string of the molecule is CC1=C(C(=O)OC(C)C)[C@H](c2ccccc2C(F)(F)F)SC2=NCCN21. The first-order valence-corrected chi connectivity index (χ1v) is 9.14. The zero-order valence-corrected chi connectivity index (χ0v) is 15.4. The number of carbonyl (C=O) groups is 1. The van der Waals surface area contributed by atoms with Crippen LogP contribution in [0, 0.1) is 0 Å². The fraction of sp³-hybridized carbons (Fsp3) is 0.444. The van der Waals surface area contributed by atoms with Gasteiger partial charge in [0.05, 0.1) is 29.0 Å². The molecule has 1 aromatic rings. The maximum Gasteiger partial charge on any atom is 0.416 e. The minimum Gasteiger partial charge on any atom is -0.460 e. The lowest BCUT2D eigenvalue weighted by Gasteiger charge is -2.34. The van der Waals surface area contributed by atoms with Crippen molar-refractivity contribution >= 4 is 22.9 Å². The van der Waals surface area contributed by atoms with Gasteiger partial charge < -0.3 is 9.64 Å². The zero-order chi connectivity index (χ0) is 19.1. The van der Waals surface area contributed by atoms with E-state index in [1.165, 1.54) is 23.9 Å². The number of hydrogen-bond donors (Lipinski definition) is 0. The van der Waals surface area contributed by atoms with Gasteiger partial charge in [0.1, 0.15) is 0 Å². The number of thioether (sulfide) groups is 1. The van der Waals surface area contributed by atoms with E-state index < -0.39 is 23.0 Å². The van der Waals surface area contributed by atoms with Crippen molar-refractivity contribution in [1.82, 2.24) is 4.90 Å². The smallest absolute Gasteiger partial charge is 0.416 e. The molecule has 2 aliphatic heterocycles. The Kier molecular flexibility index (Phi) is 5.05. The van der Waals surface area contributed by atoms with E-state index in [0.29, 0.717) is 24.0 Å². The highest BCUT2D eigenvalue weighted by molar-refractivity contribution is 8.14. The number of hydrogen-bond acceptors (Lipinski definition) is 5. The lowest BCUT2D eigenvalue weighted by molar-refractivity contribution is -0.143. The molecule has 140 valence electrons. The van der Waals surface area contributed by atoms with Crippen molar-refractivity contribution in [3.63, 3.8) is 0 Å². The predicted molar refractivity (Wildman–Crippen MR) is 94.7 cm³/mol. The maximum atomic E-state index is 13.5. The topological polar surface area (TPSA) is 41.9 Å². The average molecular weight is 384 g/mol. The molecule has 26 heavy (non-hydrogen) atoms. The molecule has 4 nitrogen and oxygen atoms in total. The van der Waals surface area contributed by atoms with Crippen LogP contribution in [0.3, 0.4) is 0 Å². The lowest BCUT2D eigenvalue weighted by Crippen LogP contribution is -2.34. The number of amidine groups is 1. The molecule has 0 spiro atoms. The zero-order valence-electron chi connectivity index (χ0n) is 14.6. The van der Waals surface area contributed by atoms with Crippen LogP contribution in [0.4, 0.5) is 13.2 Å². The third-order valence-electron chi connectivity index (χ3n) is 4.19. The number of nitrogens with zero attached hydrogens (tertiary/aromatic N) is 2. The van der Waals surface area contributed by atoms with E-state index in [4.69, 9.17) is 4.74 Å². The first-order chi connectivity index (χ1) is 12.2. The number of rotatable bonds is 3. The number of allylic oxidation sites excluding steroid dienone is 1. The quantitative estimate of drug-likeness (QED) is 0.725. The molecule has 0 aromatic heterocycles. The first kappa shape index (κ1) is 18.8. The van der Waals surface area contributed by atoms with Crippen LogP contribution in [0.5, 0.6) is 0 Å². The van der Waals surface area contributed by atoms with Crippen LogP contribution in [0.25, 0.3) is 0 Å². The normalized spacial score (nSPS) is 20.3. The molecule has 0 aliphatic carbocycles. The molecular weight excluding hydrogens is 365 g/mol. The maximum absolute atomic E-state index is 13.5. The number of benzene rings is 1. The Morgan fingerprint density at radius 1 is 1.35 bits per heavy atom. The molecule has 0 bridgehead atoms. The highest BCUT2D eigenvalue weighted by atomic mass is 32.2. The molecule has 3 rings (SSSR count). The van der Waals surface area contributed by atoms with Crippen molar-refractivity contribution in [3.05, 3.63) is 46.7 Å². The van der Waals surface area contributed by atoms with Gasteiger partial charge in [0.2, 0.25) is 0 Å². The van der Waals surface area contributed by atoms with Crippen molar-refractivity contribution in [2.45, 2.75) is 38.3 Å². The summed E-state index contributed by atoms with van der Waals surface area (Å²) in [6, 6.07) is 5.36. The number of aliphatic imine (C=N–C) groups is 1. The summed E-state index contributed by atoms with van der Waals surface area (Å²) in [5.74, 6) is -0.585. The van der Waals surface area contributed by atoms with Gasteiger partial charge in [-0.25, -0.2) is 4.79 Å². The Hall–Kier alpha value is -1.96. The summed E-state index contributed by atoms with van der Waals surface area (Å²) in [5.41, 5.74) is 0.162. The van der Waals surface area contributed by atoms with Gasteiger partial charge in [-0.2, -0.15) is 13.2 Å². The fourth-order valence-electron chi connectivity index (χ4n) is 3.07. The first-order valence-electron chi connectivity index (χ1n) is 8.26. The van der Waals surface area contributed by atoms with Crippen LogP contribution in [0.1, 0.15) is 37.1 Å². The summed E-state index contributed by atoms with van der Waals surface area (Å²) < 4.78 is 45.9. The Labute approximate surface area is 154 Å². The molecule has 2 aliphatic rings. The fourth-order valence-corrected chi connectivity index (χ4v) is 4.52. The lowest BCUT2D eigenvalue weighted by atomic mass is 9.97. The molecule has 0 saturated heterocycles. The second-order valence-corrected chi connectivity index (χ2v) is 7.42. The van der Waals surface area contributed by atoms with Gasteiger partial charge in [-0.1, -0.05) is 30.0 Å². The number of fused-ring (bicyclic) bond motifs is 1. The Morgan fingerprint density at radius 2 is 2.04 bits per heavy atom. The second kappa shape index (κ2) is 6.98. The molecule has 0 N–H and O–H groups in total. The number of ether oxygens (including phenoxy) is 1. The van der Waals surface area contributed by atoms with E-state index in [0.717, 1.165) is 6.07 Å². The van der Waals surface area contributed by atoms with E-state index in [1.807, 2.05) is 4.90 Å². The van der Waals surface area contributed by atoms with Gasteiger partial charge in [0, 0.05) is 12.2 Å². The van der Waals surface area contributed by atoms with Gasteiger partial charge in [-0.15, -0.1) is 0 Å². The monoisotopic (exact) mass is 384 g/mol. The molecule has 8 heteroatoms. The molecule has 1 aromatic carbocycles. The van der Waals surface area contributed by atoms with E-state index in [9.17, 15) is 18.0 Å². The Morgan fingerprint density at radius 3 is 2.69 bits per heavy atom. The van der Waals surface area contributed by atoms with E-state index in [-0.39, 0.29) is 17.2 Å². The summed E-state index contributed by atoms with van der Waals surface area (Å²) in [7, 11) is 0. The Balaban J connectivity index is 2.14. The summed E-state index contributed by atoms with van der Waals surface area (Å²) in [4.78, 5) is 18.9. The van der Waals surface area contributed by atoms with Gasteiger partial charge in [0.25, 0.3) is 0 Å². The number of esters is 1. The van der Waals surface area contributed by atoms with Crippen LogP contribution in [0.2, 0.25) is 0 Å². The Bertz CT molecular complexity index is 787. The highest BCUT2D eigenvalue weighted by Gasteiger charge is 2.42. The standard InChI is InChI=1S/C18H19F3N2O2S/c1-10(2)25-16(24)14-11(3)23-9-8-22-17(23)26-15(14)12-6-4-5-7-13(12)18(19,20)21/h4-7,10,15H,8-9H2,1-3H3/t15-/m0/s1. The third kappa shape index (κ3) is 3.47. The van der Waals surface area contributed by atoms with Gasteiger partial charge in [-0.05, 0) is 32.4 Å². The third-order valence-corrected chi connectivity index (χ3v) is 5.48. The van der Waals surface area contributed by atoms with Crippen molar-refractivity contribution in [3.8, 4) is 0 Å². The molecule has 0 amide bonds. The van der Waals surface area contributed by atoms with Crippen LogP contribution in [-0.4, -0.2) is 35.2 Å². The van der Waals surface area contributed by atoms with Crippen molar-refractivity contribution in [2.24, 2.45) is 4.99 Å². The minimum absolute atomic E-state index is 0.0503. The van der Waals surface area contributed by atoms with E-state index in [1.54, 1.807) is 26.8 Å². The largest absolute Gasteiger partial charge is 0.460 e. The van der Waals surface area contributed by atoms with Crippen LogP contribution < -0.4 is 0 Å². The summed E-state index contributed by atoms with van der Waals surface area (Å²) >= 11 is 1.17. The molecular formula is C18H19F3N2O2S. The average Bonchev–Trinajstić information content (AvgIpc) is 3.02. The molecule has 0 saturated carbocycles. The van der Waals surface area contributed by atoms with Crippen molar-refractivity contribution in [1.29, 1.82) is 0 Å². The number of alkyl halides is 3. The molecule has 0 fully saturated rings. The van der Waals surface area contributed by atoms with E-state index in [2.05, 4.69) is 4.99 Å². The molecule has 2 heterocycles. The highest BCUT2D eigenvalue weighted by Crippen LogP contribution is 2.48. The molecule has 1 atom stereocenters. The minimum atomic E-state index is -4.51.